The van der Waals surface area contributed by atoms with Gasteiger partial charge < -0.3 is 5.32 Å². The maximum Gasteiger partial charge on any atom is 0.409 e. The number of amides is 1. The molecule has 3 nitrogen and oxygen atoms in total. The summed E-state index contributed by atoms with van der Waals surface area (Å²) in [6.07, 6.45) is -1.84. The monoisotopic (exact) mass is 326 g/mol. The van der Waals surface area contributed by atoms with Crippen LogP contribution in [0.1, 0.15) is 15.9 Å². The van der Waals surface area contributed by atoms with Crippen LogP contribution in [0, 0.1) is 0 Å². The van der Waals surface area contributed by atoms with Gasteiger partial charge in [-0.15, -0.1) is 0 Å². The largest absolute Gasteiger partial charge is 0.409 e. The smallest absolute Gasteiger partial charge is 0.322 e. The van der Waals surface area contributed by atoms with Gasteiger partial charge in [-0.2, -0.15) is 13.2 Å². The normalized spacial score (nSPS) is 11.6. The zero-order chi connectivity index (χ0) is 16.2. The lowest BCUT2D eigenvalue weighted by molar-refractivity contribution is -0.0790. The molecule has 0 spiro atoms. The third-order valence-corrected chi connectivity index (χ3v) is 2.83. The van der Waals surface area contributed by atoms with Gasteiger partial charge in [0.15, 0.2) is 0 Å². The summed E-state index contributed by atoms with van der Waals surface area (Å²) in [4.78, 5) is 15.8. The molecular weight excluding hydrogens is 317 g/mol. The van der Waals surface area contributed by atoms with E-state index in [0.29, 0.717) is 16.8 Å². The van der Waals surface area contributed by atoms with E-state index in [1.54, 1.807) is 6.07 Å². The number of carbonyl (C=O) groups excluding carboxylic acids is 1. The number of allylic oxidation sites excluding steroid dienone is 1. The highest BCUT2D eigenvalue weighted by molar-refractivity contribution is 6.29. The Bertz CT molecular complexity index is 697. The van der Waals surface area contributed by atoms with E-state index in [2.05, 4.69) is 10.3 Å². The summed E-state index contributed by atoms with van der Waals surface area (Å²) in [5, 5.41) is 2.85. The summed E-state index contributed by atoms with van der Waals surface area (Å²) in [5.41, 5.74) is 1.14. The molecule has 22 heavy (non-hydrogen) atoms. The van der Waals surface area contributed by atoms with Crippen molar-refractivity contribution in [2.45, 2.75) is 6.18 Å². The van der Waals surface area contributed by atoms with Crippen molar-refractivity contribution in [1.29, 1.82) is 0 Å². The molecular formula is C15H10ClF3N2O. The number of aromatic nitrogens is 1. The number of hydrogen-bond donors (Lipinski definition) is 1. The molecule has 0 unspecified atom stereocenters. The first-order valence-electron chi connectivity index (χ1n) is 6.12. The fourth-order valence-corrected chi connectivity index (χ4v) is 1.79. The Kier molecular flexibility index (Phi) is 4.82. The second-order valence-electron chi connectivity index (χ2n) is 4.32. The Labute approximate surface area is 129 Å². The average Bonchev–Trinajstić information content (AvgIpc) is 2.45. The number of halogens is 4. The Morgan fingerprint density at radius 1 is 1.18 bits per heavy atom. The summed E-state index contributed by atoms with van der Waals surface area (Å²) in [6.45, 7) is 0. The molecule has 1 amide bonds. The van der Waals surface area contributed by atoms with Crippen molar-refractivity contribution < 1.29 is 18.0 Å². The molecule has 0 aliphatic rings. The van der Waals surface area contributed by atoms with Gasteiger partial charge in [-0.05, 0) is 29.8 Å². The van der Waals surface area contributed by atoms with Gasteiger partial charge in [-0.25, -0.2) is 4.98 Å². The van der Waals surface area contributed by atoms with Gasteiger partial charge in [0, 0.05) is 23.5 Å². The van der Waals surface area contributed by atoms with E-state index in [0.717, 1.165) is 6.08 Å². The minimum absolute atomic E-state index is 0.140. The van der Waals surface area contributed by atoms with Crippen LogP contribution < -0.4 is 5.32 Å². The van der Waals surface area contributed by atoms with E-state index in [-0.39, 0.29) is 11.2 Å². The number of hydrogen-bond acceptors (Lipinski definition) is 2. The molecule has 0 aliphatic carbocycles. The van der Waals surface area contributed by atoms with Crippen molar-refractivity contribution in [3.05, 3.63) is 65.0 Å². The highest BCUT2D eigenvalue weighted by Gasteiger charge is 2.21. The van der Waals surface area contributed by atoms with Gasteiger partial charge in [0.1, 0.15) is 5.15 Å². The van der Waals surface area contributed by atoms with Crippen molar-refractivity contribution in [2.24, 2.45) is 0 Å². The SMILES string of the molecule is O=C(Nc1ccnc(Cl)c1)c1ccc(/C=C/C(F)(F)F)cc1. The van der Waals surface area contributed by atoms with Crippen LogP contribution in [0.2, 0.25) is 5.15 Å². The van der Waals surface area contributed by atoms with E-state index < -0.39 is 12.1 Å². The molecule has 2 rings (SSSR count). The Balaban J connectivity index is 2.07. The first-order chi connectivity index (χ1) is 10.3. The Hall–Kier alpha value is -2.34. The molecule has 1 heterocycles. The number of carbonyl (C=O) groups is 1. The predicted octanol–water partition coefficient (Wildman–Crippen LogP) is 4.56. The van der Waals surface area contributed by atoms with Crippen LogP contribution >= 0.6 is 11.6 Å². The maximum atomic E-state index is 12.1. The zero-order valence-electron chi connectivity index (χ0n) is 11.1. The van der Waals surface area contributed by atoms with Crippen LogP contribution in [0.5, 0.6) is 0 Å². The number of rotatable bonds is 3. The van der Waals surface area contributed by atoms with Crippen LogP contribution in [0.15, 0.2) is 48.7 Å². The second kappa shape index (κ2) is 6.62. The van der Waals surface area contributed by atoms with Gasteiger partial charge >= 0.3 is 6.18 Å². The van der Waals surface area contributed by atoms with Crippen molar-refractivity contribution in [3.63, 3.8) is 0 Å². The van der Waals surface area contributed by atoms with Crippen LogP contribution in [-0.2, 0) is 0 Å². The van der Waals surface area contributed by atoms with Gasteiger partial charge in [0.25, 0.3) is 5.91 Å². The van der Waals surface area contributed by atoms with E-state index >= 15 is 0 Å². The summed E-state index contributed by atoms with van der Waals surface area (Å²) in [7, 11) is 0. The first kappa shape index (κ1) is 16.0. The molecule has 0 fully saturated rings. The molecule has 7 heteroatoms. The van der Waals surface area contributed by atoms with E-state index in [1.165, 1.54) is 36.5 Å². The number of pyridine rings is 1. The molecule has 1 aromatic carbocycles. The van der Waals surface area contributed by atoms with Crippen LogP contribution in [0.25, 0.3) is 6.08 Å². The number of alkyl halides is 3. The van der Waals surface area contributed by atoms with Crippen LogP contribution in [0.4, 0.5) is 18.9 Å². The van der Waals surface area contributed by atoms with Crippen molar-refractivity contribution in [2.75, 3.05) is 5.32 Å². The highest BCUT2D eigenvalue weighted by atomic mass is 35.5. The molecule has 2 aromatic rings. The molecule has 1 N–H and O–H groups in total. The maximum absolute atomic E-state index is 12.1. The van der Waals surface area contributed by atoms with Gasteiger partial charge in [-0.1, -0.05) is 29.8 Å². The molecule has 0 atom stereocenters. The van der Waals surface area contributed by atoms with Gasteiger partial charge in [-0.3, -0.25) is 4.79 Å². The third-order valence-electron chi connectivity index (χ3n) is 2.62. The second-order valence-corrected chi connectivity index (χ2v) is 4.71. The summed E-state index contributed by atoms with van der Waals surface area (Å²) < 4.78 is 36.2. The minimum atomic E-state index is -4.36. The lowest BCUT2D eigenvalue weighted by atomic mass is 10.1. The topological polar surface area (TPSA) is 42.0 Å². The minimum Gasteiger partial charge on any atom is -0.322 e. The summed E-state index contributed by atoms with van der Waals surface area (Å²) in [5.74, 6) is -0.395. The molecule has 0 aliphatic heterocycles. The molecule has 1 aromatic heterocycles. The molecule has 0 saturated heterocycles. The molecule has 114 valence electrons. The van der Waals surface area contributed by atoms with E-state index in [9.17, 15) is 18.0 Å². The lowest BCUT2D eigenvalue weighted by Gasteiger charge is -2.05. The molecule has 0 bridgehead atoms. The molecule has 0 saturated carbocycles. The lowest BCUT2D eigenvalue weighted by Crippen LogP contribution is -2.11. The summed E-state index contributed by atoms with van der Waals surface area (Å²) in [6, 6.07) is 8.79. The van der Waals surface area contributed by atoms with Crippen LogP contribution in [-0.4, -0.2) is 17.1 Å². The standard InChI is InChI=1S/C15H10ClF3N2O/c16-13-9-12(6-8-20-13)21-14(22)11-3-1-10(2-4-11)5-7-15(17,18)19/h1-9H,(H,20,21,22)/b7-5+. The number of anilines is 1. The van der Waals surface area contributed by atoms with E-state index in [1.807, 2.05) is 0 Å². The Morgan fingerprint density at radius 2 is 1.86 bits per heavy atom. The third kappa shape index (κ3) is 4.89. The highest BCUT2D eigenvalue weighted by Crippen LogP contribution is 2.19. The van der Waals surface area contributed by atoms with Crippen LogP contribution in [0.3, 0.4) is 0 Å². The number of nitrogens with one attached hydrogen (secondary N) is 1. The predicted molar refractivity (Wildman–Crippen MR) is 78.7 cm³/mol. The van der Waals surface area contributed by atoms with E-state index in [4.69, 9.17) is 11.6 Å². The van der Waals surface area contributed by atoms with Crippen molar-refractivity contribution >= 4 is 29.3 Å². The quantitative estimate of drug-likeness (QED) is 0.840. The fourth-order valence-electron chi connectivity index (χ4n) is 1.62. The fraction of sp³-hybridized carbons (Fsp3) is 0.0667. The Morgan fingerprint density at radius 3 is 2.45 bits per heavy atom. The zero-order valence-corrected chi connectivity index (χ0v) is 11.8. The van der Waals surface area contributed by atoms with Gasteiger partial charge in [0.05, 0.1) is 0 Å². The van der Waals surface area contributed by atoms with Crippen molar-refractivity contribution in [1.82, 2.24) is 4.98 Å². The van der Waals surface area contributed by atoms with Crippen molar-refractivity contribution in [3.8, 4) is 0 Å². The first-order valence-corrected chi connectivity index (χ1v) is 6.50. The van der Waals surface area contributed by atoms with Gasteiger partial charge in [0.2, 0.25) is 0 Å². The number of nitrogens with zero attached hydrogens (tertiary/aromatic N) is 1. The average molecular weight is 327 g/mol. The summed E-state index contributed by atoms with van der Waals surface area (Å²) >= 11 is 5.70. The number of benzene rings is 1. The molecule has 0 radical (unpaired) electrons.